The average molecular weight is 1050 g/mol. The van der Waals surface area contributed by atoms with Gasteiger partial charge in [-0.15, -0.1) is 0 Å². The molecule has 0 N–H and O–H groups in total. The van der Waals surface area contributed by atoms with Gasteiger partial charge < -0.3 is 32.8 Å². The molecule has 5 aromatic rings. The van der Waals surface area contributed by atoms with Crippen molar-refractivity contribution in [3.63, 3.8) is 0 Å². The molecule has 4 saturated carbocycles. The van der Waals surface area contributed by atoms with E-state index in [2.05, 4.69) is 18.8 Å². The minimum atomic E-state index is -0.485. The molecule has 0 amide bonds. The molecule has 4 aromatic carbocycles. The van der Waals surface area contributed by atoms with Crippen molar-refractivity contribution in [2.24, 2.45) is 35.5 Å². The second-order valence-electron chi connectivity index (χ2n) is 21.9. The van der Waals surface area contributed by atoms with Crippen LogP contribution in [0, 0.1) is 35.5 Å². The summed E-state index contributed by atoms with van der Waals surface area (Å²) >= 11 is 0. The number of hydrogen-bond acceptors (Lipinski definition) is 14. The van der Waals surface area contributed by atoms with Gasteiger partial charge in [-0.1, -0.05) is 64.5 Å². The zero-order chi connectivity index (χ0) is 53.7. The summed E-state index contributed by atoms with van der Waals surface area (Å²) in [7, 11) is 0. The lowest BCUT2D eigenvalue weighted by Crippen LogP contribution is -2.30. The molecule has 0 saturated heterocycles. The third-order valence-electron chi connectivity index (χ3n) is 16.4. The first-order valence-corrected chi connectivity index (χ1v) is 28.5. The van der Waals surface area contributed by atoms with Crippen LogP contribution in [0.3, 0.4) is 0 Å². The first-order valence-electron chi connectivity index (χ1n) is 28.5. The monoisotopic (exact) mass is 1050 g/mol. The van der Waals surface area contributed by atoms with Crippen molar-refractivity contribution in [2.75, 3.05) is 0 Å². The summed E-state index contributed by atoms with van der Waals surface area (Å²) in [5, 5.41) is 0. The average Bonchev–Trinajstić information content (AvgIpc) is 3.90. The van der Waals surface area contributed by atoms with E-state index in [0.29, 0.717) is 102 Å². The second-order valence-corrected chi connectivity index (χ2v) is 21.9. The molecular weight excluding hydrogens is 979 g/mol. The van der Waals surface area contributed by atoms with Gasteiger partial charge in [-0.05, 0) is 193 Å². The van der Waals surface area contributed by atoms with Gasteiger partial charge in [0.2, 0.25) is 5.89 Å². The topological polar surface area (TPSA) is 184 Å². The van der Waals surface area contributed by atoms with Crippen LogP contribution in [-0.2, 0) is 28.7 Å². The van der Waals surface area contributed by atoms with Crippen molar-refractivity contribution in [2.45, 2.75) is 167 Å². The van der Waals surface area contributed by atoms with Crippen molar-refractivity contribution >= 4 is 46.9 Å². The van der Waals surface area contributed by atoms with E-state index >= 15 is 0 Å². The number of fused-ring (bicyclic) bond motifs is 1. The summed E-state index contributed by atoms with van der Waals surface area (Å²) in [6, 6.07) is 24.9. The van der Waals surface area contributed by atoms with Crippen LogP contribution in [0.1, 0.15) is 176 Å². The molecular formula is C63H73NO13. The summed E-state index contributed by atoms with van der Waals surface area (Å²) in [5.74, 6) is -0.586. The molecule has 4 aliphatic rings. The van der Waals surface area contributed by atoms with Crippen molar-refractivity contribution in [1.29, 1.82) is 0 Å². The van der Waals surface area contributed by atoms with Gasteiger partial charge in [-0.2, -0.15) is 0 Å². The van der Waals surface area contributed by atoms with Crippen LogP contribution >= 0.6 is 0 Å². The van der Waals surface area contributed by atoms with Crippen molar-refractivity contribution in [3.8, 4) is 34.5 Å². The van der Waals surface area contributed by atoms with Crippen LogP contribution in [0.2, 0.25) is 0 Å². The Balaban J connectivity index is 0.731. The van der Waals surface area contributed by atoms with Gasteiger partial charge in [-0.3, -0.25) is 19.2 Å². The smallest absolute Gasteiger partial charge is 0.338 e. The van der Waals surface area contributed by atoms with Crippen molar-refractivity contribution in [3.05, 3.63) is 102 Å². The van der Waals surface area contributed by atoms with E-state index in [4.69, 9.17) is 32.8 Å². The maximum Gasteiger partial charge on any atom is 0.338 e. The van der Waals surface area contributed by atoms with Gasteiger partial charge in [-0.25, -0.2) is 14.6 Å². The van der Waals surface area contributed by atoms with Crippen molar-refractivity contribution < 1.29 is 61.6 Å². The molecule has 4 fully saturated rings. The highest BCUT2D eigenvalue weighted by atomic mass is 16.6. The molecule has 0 atom stereocenters. The predicted molar refractivity (Wildman–Crippen MR) is 287 cm³/mol. The second kappa shape index (κ2) is 26.5. The fraction of sp³-hybridized carbons (Fsp3) is 0.508. The van der Waals surface area contributed by atoms with Gasteiger partial charge >= 0.3 is 35.8 Å². The van der Waals surface area contributed by atoms with Gasteiger partial charge in [0.15, 0.2) is 5.58 Å². The van der Waals surface area contributed by atoms with Gasteiger partial charge in [0.1, 0.15) is 40.7 Å². The molecule has 0 unspecified atom stereocenters. The van der Waals surface area contributed by atoms with E-state index < -0.39 is 35.7 Å². The van der Waals surface area contributed by atoms with Crippen LogP contribution in [0.4, 0.5) is 0 Å². The number of carbonyl (C=O) groups excluding carboxylic acids is 6. The Kier molecular flexibility index (Phi) is 18.9. The molecule has 1 heterocycles. The summed E-state index contributed by atoms with van der Waals surface area (Å²) in [6.45, 7) is 4.41. The Bertz CT molecular complexity index is 2770. The van der Waals surface area contributed by atoms with Crippen LogP contribution in [0.25, 0.3) is 22.6 Å². The van der Waals surface area contributed by atoms with Crippen LogP contribution < -0.4 is 18.9 Å². The largest absolute Gasteiger partial charge is 0.459 e. The fourth-order valence-corrected chi connectivity index (χ4v) is 11.6. The first kappa shape index (κ1) is 54.9. The van der Waals surface area contributed by atoms with Gasteiger partial charge in [0.25, 0.3) is 0 Å². The highest BCUT2D eigenvalue weighted by Crippen LogP contribution is 2.39. The maximum absolute atomic E-state index is 13.8. The maximum atomic E-state index is 13.8. The van der Waals surface area contributed by atoms with E-state index in [1.54, 1.807) is 78.9 Å². The van der Waals surface area contributed by atoms with E-state index in [0.717, 1.165) is 51.4 Å². The molecule has 1 aromatic heterocycles. The Morgan fingerprint density at radius 1 is 0.468 bits per heavy atom. The normalized spacial score (nSPS) is 23.5. The number of esters is 6. The lowest BCUT2D eigenvalue weighted by Gasteiger charge is -2.27. The Morgan fingerprint density at radius 3 is 1.31 bits per heavy atom. The summed E-state index contributed by atoms with van der Waals surface area (Å²) in [5.41, 5.74) is 2.15. The number of para-hydroxylation sites is 2. The molecule has 4 aliphatic carbocycles. The highest BCUT2D eigenvalue weighted by Gasteiger charge is 2.34. The standard InChI is InChI=1S/C63H73NO13/c1-3-5-9-40-13-17-42(18-14-40)58(65)71-48-29-21-44(22-30-48)60(67)73-50-33-25-46(26-34-50)62(69)75-52-37-38-55(53(39-52)57-64-54-11-7-8-12-56(54)76-57)77-63(70)47-27-35-51(36-28-47)74-61(68)45-23-31-49(32-24-45)72-59(66)43-19-15-41(16-20-43)10-6-4-2/h7-8,11-12,21-24,29-32,37-43,46-47,50-51H,3-6,9-10,13-20,25-28,33-36H2,1-2H3. The number of rotatable bonds is 19. The van der Waals surface area contributed by atoms with Gasteiger partial charge in [0, 0.05) is 0 Å². The minimum Gasteiger partial charge on any atom is -0.459 e. The van der Waals surface area contributed by atoms with Crippen LogP contribution in [0.15, 0.2) is 95.4 Å². The fourth-order valence-electron chi connectivity index (χ4n) is 11.6. The third-order valence-corrected chi connectivity index (χ3v) is 16.4. The third kappa shape index (κ3) is 14.8. The number of hydrogen-bond donors (Lipinski definition) is 0. The number of nitrogens with zero attached hydrogens (tertiary/aromatic N) is 1. The van der Waals surface area contributed by atoms with Crippen LogP contribution in [0.5, 0.6) is 23.0 Å². The molecule has 0 radical (unpaired) electrons. The number of unbranched alkanes of at least 4 members (excludes halogenated alkanes) is 2. The Hall–Kier alpha value is -6.83. The SMILES string of the molecule is CCCCC1CCC(C(=O)Oc2ccc(C(=O)OC3CCC(C(=O)Oc4ccc(OC(=O)C5CCC(OC(=O)c6ccc(OC(=O)C7CCC(CCCC)CC7)cc6)CC5)c(-c5nc6ccccc6o5)c4)CC3)cc2)CC1. The highest BCUT2D eigenvalue weighted by molar-refractivity contribution is 5.90. The van der Waals surface area contributed by atoms with Crippen molar-refractivity contribution in [1.82, 2.24) is 4.98 Å². The predicted octanol–water partition coefficient (Wildman–Crippen LogP) is 13.9. The van der Waals surface area contributed by atoms with E-state index in [-0.39, 0.29) is 53.4 Å². The molecule has 14 nitrogen and oxygen atoms in total. The molecule has 9 rings (SSSR count). The van der Waals surface area contributed by atoms with Gasteiger partial charge in [0.05, 0.1) is 40.4 Å². The number of oxazole rings is 1. The molecule has 0 spiro atoms. The van der Waals surface area contributed by atoms with E-state index in [1.165, 1.54) is 38.5 Å². The molecule has 77 heavy (non-hydrogen) atoms. The zero-order valence-electron chi connectivity index (χ0n) is 44.6. The molecule has 14 heteroatoms. The lowest BCUT2D eigenvalue weighted by molar-refractivity contribution is -0.141. The number of aromatic nitrogens is 1. The Morgan fingerprint density at radius 2 is 0.870 bits per heavy atom. The van der Waals surface area contributed by atoms with Crippen LogP contribution in [-0.4, -0.2) is 53.0 Å². The number of ether oxygens (including phenoxy) is 6. The summed E-state index contributed by atoms with van der Waals surface area (Å²) in [6.07, 6.45) is 17.8. The molecule has 408 valence electrons. The molecule has 0 aliphatic heterocycles. The minimum absolute atomic E-state index is 0.0970. The Labute approximate surface area is 451 Å². The summed E-state index contributed by atoms with van der Waals surface area (Å²) in [4.78, 5) is 84.1. The quantitative estimate of drug-likeness (QED) is 0.0562. The summed E-state index contributed by atoms with van der Waals surface area (Å²) < 4.78 is 41.1. The number of carbonyl (C=O) groups is 6. The molecule has 0 bridgehead atoms. The number of benzene rings is 4. The zero-order valence-corrected chi connectivity index (χ0v) is 44.6. The lowest BCUT2D eigenvalue weighted by atomic mass is 9.80. The van der Waals surface area contributed by atoms with E-state index in [1.807, 2.05) is 12.1 Å². The first-order chi connectivity index (χ1) is 37.5. The van der Waals surface area contributed by atoms with E-state index in [9.17, 15) is 28.8 Å².